The van der Waals surface area contributed by atoms with Crippen molar-refractivity contribution in [2.24, 2.45) is 11.1 Å². The molecule has 0 bridgehead atoms. The quantitative estimate of drug-likeness (QED) is 0.804. The molecule has 6 nitrogen and oxygen atoms in total. The molecule has 0 radical (unpaired) electrons. The highest BCUT2D eigenvalue weighted by molar-refractivity contribution is 7.92. The number of benzene rings is 1. The SMILES string of the molecule is CCOC[C@@]1(CN)[C@@H](c2ccc3c(c2)OCO3)[C@@H]1S(=O)(=O)CC. The lowest BCUT2D eigenvalue weighted by Crippen LogP contribution is -2.29. The fourth-order valence-corrected chi connectivity index (χ4v) is 5.73. The van der Waals surface area contributed by atoms with E-state index in [2.05, 4.69) is 0 Å². The second-order valence-electron chi connectivity index (χ2n) is 6.04. The summed E-state index contributed by atoms with van der Waals surface area (Å²) in [6, 6.07) is 5.60. The van der Waals surface area contributed by atoms with Crippen LogP contribution < -0.4 is 15.2 Å². The van der Waals surface area contributed by atoms with E-state index in [-0.39, 0.29) is 25.0 Å². The molecule has 3 atom stereocenters. The van der Waals surface area contributed by atoms with Gasteiger partial charge in [-0.3, -0.25) is 0 Å². The average molecular weight is 341 g/mol. The Morgan fingerprint density at radius 2 is 2.04 bits per heavy atom. The van der Waals surface area contributed by atoms with Gasteiger partial charge in [0.05, 0.1) is 11.9 Å². The molecule has 3 rings (SSSR count). The normalized spacial score (nSPS) is 28.8. The zero-order chi connectivity index (χ0) is 16.7. The van der Waals surface area contributed by atoms with Gasteiger partial charge in [-0.25, -0.2) is 8.42 Å². The van der Waals surface area contributed by atoms with Crippen LogP contribution in [0.1, 0.15) is 25.3 Å². The Morgan fingerprint density at radius 3 is 2.70 bits per heavy atom. The minimum Gasteiger partial charge on any atom is -0.454 e. The van der Waals surface area contributed by atoms with E-state index >= 15 is 0 Å². The Kier molecular flexibility index (Phi) is 4.29. The van der Waals surface area contributed by atoms with Crippen molar-refractivity contribution in [3.8, 4) is 11.5 Å². The molecular weight excluding hydrogens is 318 g/mol. The number of hydrogen-bond acceptors (Lipinski definition) is 6. The third-order valence-electron chi connectivity index (χ3n) is 4.88. The van der Waals surface area contributed by atoms with Crippen molar-refractivity contribution in [2.75, 3.05) is 32.3 Å². The first-order chi connectivity index (χ1) is 11.0. The van der Waals surface area contributed by atoms with Gasteiger partial charge in [-0.15, -0.1) is 0 Å². The molecule has 0 amide bonds. The van der Waals surface area contributed by atoms with Crippen LogP contribution in [0.2, 0.25) is 0 Å². The van der Waals surface area contributed by atoms with Crippen LogP contribution >= 0.6 is 0 Å². The molecule has 1 fully saturated rings. The molecule has 1 saturated carbocycles. The lowest BCUT2D eigenvalue weighted by Gasteiger charge is -2.15. The predicted molar refractivity (Wildman–Crippen MR) is 86.5 cm³/mol. The molecule has 0 unspecified atom stereocenters. The van der Waals surface area contributed by atoms with E-state index in [0.29, 0.717) is 24.7 Å². The number of hydrogen-bond donors (Lipinski definition) is 1. The lowest BCUT2D eigenvalue weighted by molar-refractivity contribution is 0.101. The van der Waals surface area contributed by atoms with Gasteiger partial charge >= 0.3 is 0 Å². The fraction of sp³-hybridized carbons (Fsp3) is 0.625. The maximum Gasteiger partial charge on any atom is 0.231 e. The predicted octanol–water partition coefficient (Wildman–Crippen LogP) is 1.30. The third-order valence-corrected chi connectivity index (χ3v) is 7.20. The smallest absolute Gasteiger partial charge is 0.231 e. The first-order valence-electron chi connectivity index (χ1n) is 7.89. The first-order valence-corrected chi connectivity index (χ1v) is 9.60. The van der Waals surface area contributed by atoms with Crippen molar-refractivity contribution in [1.82, 2.24) is 0 Å². The Morgan fingerprint density at radius 1 is 1.30 bits per heavy atom. The minimum atomic E-state index is -3.22. The van der Waals surface area contributed by atoms with Gasteiger partial charge in [-0.05, 0) is 24.6 Å². The molecule has 128 valence electrons. The van der Waals surface area contributed by atoms with Crippen LogP contribution in [0.15, 0.2) is 18.2 Å². The summed E-state index contributed by atoms with van der Waals surface area (Å²) in [5.41, 5.74) is 6.35. The number of fused-ring (bicyclic) bond motifs is 1. The number of sulfone groups is 1. The molecule has 7 heteroatoms. The van der Waals surface area contributed by atoms with Gasteiger partial charge in [0.2, 0.25) is 6.79 Å². The molecule has 2 N–H and O–H groups in total. The molecular formula is C16H23NO5S. The summed E-state index contributed by atoms with van der Waals surface area (Å²) in [5.74, 6) is 1.28. The summed E-state index contributed by atoms with van der Waals surface area (Å²) in [4.78, 5) is 0. The van der Waals surface area contributed by atoms with E-state index in [1.54, 1.807) is 6.92 Å². The minimum absolute atomic E-state index is 0.104. The maximum atomic E-state index is 12.5. The van der Waals surface area contributed by atoms with Gasteiger partial charge in [0, 0.05) is 30.2 Å². The van der Waals surface area contributed by atoms with Crippen molar-refractivity contribution in [3.63, 3.8) is 0 Å². The van der Waals surface area contributed by atoms with Crippen molar-refractivity contribution < 1.29 is 22.6 Å². The Labute approximate surface area is 136 Å². The zero-order valence-electron chi connectivity index (χ0n) is 13.4. The second-order valence-corrected chi connectivity index (χ2v) is 8.45. The average Bonchev–Trinajstić information content (AvgIpc) is 3.01. The van der Waals surface area contributed by atoms with E-state index in [0.717, 1.165) is 5.56 Å². The molecule has 1 heterocycles. The lowest BCUT2D eigenvalue weighted by atomic mass is 9.99. The van der Waals surface area contributed by atoms with Crippen LogP contribution in [0, 0.1) is 5.41 Å². The van der Waals surface area contributed by atoms with Gasteiger partial charge < -0.3 is 19.9 Å². The largest absolute Gasteiger partial charge is 0.454 e. The van der Waals surface area contributed by atoms with E-state index in [9.17, 15) is 8.42 Å². The molecule has 23 heavy (non-hydrogen) atoms. The zero-order valence-corrected chi connectivity index (χ0v) is 14.3. The summed E-state index contributed by atoms with van der Waals surface area (Å²) in [7, 11) is -3.22. The standard InChI is InChI=1S/C16H23NO5S/c1-3-20-9-16(8-17)14(15(16)23(18,19)4-2)11-5-6-12-13(7-11)22-10-21-12/h5-7,14-15H,3-4,8-10,17H2,1-2H3/t14-,15-,16-/m0/s1. The van der Waals surface area contributed by atoms with Crippen molar-refractivity contribution in [1.29, 1.82) is 0 Å². The van der Waals surface area contributed by atoms with Crippen molar-refractivity contribution in [2.45, 2.75) is 25.0 Å². The van der Waals surface area contributed by atoms with Gasteiger partial charge in [-0.1, -0.05) is 13.0 Å². The van der Waals surface area contributed by atoms with E-state index in [1.165, 1.54) is 0 Å². The third kappa shape index (κ3) is 2.60. The molecule has 0 spiro atoms. The molecule has 1 aliphatic carbocycles. The second kappa shape index (κ2) is 5.96. The van der Waals surface area contributed by atoms with Crippen LogP contribution in [0.25, 0.3) is 0 Å². The fourth-order valence-electron chi connectivity index (χ4n) is 3.58. The van der Waals surface area contributed by atoms with E-state index in [1.807, 2.05) is 25.1 Å². The van der Waals surface area contributed by atoms with Crippen molar-refractivity contribution in [3.05, 3.63) is 23.8 Å². The van der Waals surface area contributed by atoms with Crippen molar-refractivity contribution >= 4 is 9.84 Å². The summed E-state index contributed by atoms with van der Waals surface area (Å²) in [6.07, 6.45) is 0. The highest BCUT2D eigenvalue weighted by Crippen LogP contribution is 2.63. The summed E-state index contributed by atoms with van der Waals surface area (Å²) in [5, 5.41) is -0.503. The molecule has 1 aromatic rings. The first kappa shape index (κ1) is 16.5. The monoisotopic (exact) mass is 341 g/mol. The summed E-state index contributed by atoms with van der Waals surface area (Å²) < 4.78 is 41.4. The van der Waals surface area contributed by atoms with E-state index < -0.39 is 20.5 Å². The van der Waals surface area contributed by atoms with Crippen LogP contribution in [0.5, 0.6) is 11.5 Å². The van der Waals surface area contributed by atoms with Crippen LogP contribution in [0.3, 0.4) is 0 Å². The van der Waals surface area contributed by atoms with Gasteiger partial charge in [0.15, 0.2) is 21.3 Å². The van der Waals surface area contributed by atoms with Gasteiger partial charge in [-0.2, -0.15) is 0 Å². The van der Waals surface area contributed by atoms with Crippen LogP contribution in [-0.2, 0) is 14.6 Å². The number of ether oxygens (including phenoxy) is 3. The van der Waals surface area contributed by atoms with Crippen LogP contribution in [0.4, 0.5) is 0 Å². The molecule has 2 aliphatic rings. The van der Waals surface area contributed by atoms with E-state index in [4.69, 9.17) is 19.9 Å². The van der Waals surface area contributed by atoms with Gasteiger partial charge in [0.1, 0.15) is 0 Å². The molecule has 0 aromatic heterocycles. The number of nitrogens with two attached hydrogens (primary N) is 1. The number of rotatable bonds is 7. The Bertz CT molecular complexity index is 690. The Balaban J connectivity index is 1.98. The summed E-state index contributed by atoms with van der Waals surface area (Å²) in [6.45, 7) is 4.92. The summed E-state index contributed by atoms with van der Waals surface area (Å²) >= 11 is 0. The Hall–Kier alpha value is -1.31. The highest BCUT2D eigenvalue weighted by Gasteiger charge is 2.69. The van der Waals surface area contributed by atoms with Crippen LogP contribution in [-0.4, -0.2) is 46.0 Å². The van der Waals surface area contributed by atoms with Gasteiger partial charge in [0.25, 0.3) is 0 Å². The molecule has 1 aromatic carbocycles. The highest BCUT2D eigenvalue weighted by atomic mass is 32.2. The topological polar surface area (TPSA) is 87.8 Å². The maximum absolute atomic E-state index is 12.5. The molecule has 0 saturated heterocycles. The molecule has 1 aliphatic heterocycles.